The van der Waals surface area contributed by atoms with E-state index in [1.165, 1.54) is 0 Å². The quantitative estimate of drug-likeness (QED) is 0.565. The van der Waals surface area contributed by atoms with Crippen LogP contribution in [0.5, 0.6) is 5.75 Å². The maximum absolute atomic E-state index is 9.27. The third kappa shape index (κ3) is 0.855. The standard InChI is InChI=1S/C10H8O/c1-7-5-8-3-2-4-9(8)6-10(7)11/h2-6,11H,1H2. The van der Waals surface area contributed by atoms with Crippen molar-refractivity contribution in [2.75, 3.05) is 0 Å². The molecule has 1 nitrogen and oxygen atoms in total. The molecule has 1 aliphatic carbocycles. The Kier molecular flexibility index (Phi) is 1.13. The maximum atomic E-state index is 9.27. The number of benzene rings is 1. The Morgan fingerprint density at radius 1 is 1.27 bits per heavy atom. The summed E-state index contributed by atoms with van der Waals surface area (Å²) in [5.74, 6) is 0.267. The van der Waals surface area contributed by atoms with Crippen LogP contribution in [-0.4, -0.2) is 5.11 Å². The van der Waals surface area contributed by atoms with Gasteiger partial charge in [0.25, 0.3) is 0 Å². The molecule has 0 radical (unpaired) electrons. The Labute approximate surface area is 64.6 Å². The second-order valence-electron chi connectivity index (χ2n) is 2.64. The second-order valence-corrected chi connectivity index (χ2v) is 2.64. The zero-order valence-corrected chi connectivity index (χ0v) is 6.04. The van der Waals surface area contributed by atoms with E-state index < -0.39 is 0 Å². The maximum Gasteiger partial charge on any atom is 0.122 e. The van der Waals surface area contributed by atoms with E-state index in [0.29, 0.717) is 5.22 Å². The largest absolute Gasteiger partial charge is 0.507 e. The zero-order chi connectivity index (χ0) is 7.84. The SMILES string of the molecule is C=c1cc2c(cc1O)=CC=C2. The molecule has 0 bridgehead atoms. The molecule has 1 heteroatoms. The van der Waals surface area contributed by atoms with E-state index in [4.69, 9.17) is 0 Å². The van der Waals surface area contributed by atoms with Crippen molar-refractivity contribution in [2.45, 2.75) is 0 Å². The molecule has 11 heavy (non-hydrogen) atoms. The number of aromatic hydroxyl groups is 1. The highest BCUT2D eigenvalue weighted by Crippen LogP contribution is 2.03. The fraction of sp³-hybridized carbons (Fsp3) is 0. The Hall–Kier alpha value is -1.50. The van der Waals surface area contributed by atoms with Gasteiger partial charge in [-0.25, -0.2) is 0 Å². The normalized spacial score (nSPS) is 12.7. The molecular weight excluding hydrogens is 136 g/mol. The first-order valence-corrected chi connectivity index (χ1v) is 3.48. The first kappa shape index (κ1) is 6.23. The summed E-state index contributed by atoms with van der Waals surface area (Å²) in [5.41, 5.74) is 1.13. The highest BCUT2D eigenvalue weighted by Gasteiger charge is 1.97. The van der Waals surface area contributed by atoms with Gasteiger partial charge in [-0.1, -0.05) is 24.8 Å². The summed E-state index contributed by atoms with van der Waals surface area (Å²) in [6.07, 6.45) is 5.93. The zero-order valence-electron chi connectivity index (χ0n) is 6.04. The minimum Gasteiger partial charge on any atom is -0.507 e. The third-order valence-corrected chi connectivity index (χ3v) is 1.84. The molecule has 0 fully saturated rings. The van der Waals surface area contributed by atoms with Gasteiger partial charge in [0, 0.05) is 5.22 Å². The van der Waals surface area contributed by atoms with Crippen LogP contribution in [0, 0.1) is 0 Å². The molecule has 0 aromatic heterocycles. The number of hydrogen-bond donors (Lipinski definition) is 1. The summed E-state index contributed by atoms with van der Waals surface area (Å²) in [5, 5.41) is 11.0. The molecule has 0 spiro atoms. The van der Waals surface area contributed by atoms with E-state index in [2.05, 4.69) is 6.58 Å². The number of fused-ring (bicyclic) bond motifs is 1. The highest BCUT2D eigenvalue weighted by molar-refractivity contribution is 5.67. The van der Waals surface area contributed by atoms with Crippen LogP contribution >= 0.6 is 0 Å². The van der Waals surface area contributed by atoms with E-state index in [1.807, 2.05) is 24.3 Å². The summed E-state index contributed by atoms with van der Waals surface area (Å²) in [6, 6.07) is 3.61. The van der Waals surface area contributed by atoms with Gasteiger partial charge in [-0.3, -0.25) is 0 Å². The molecule has 0 saturated heterocycles. The van der Waals surface area contributed by atoms with Gasteiger partial charge in [0.2, 0.25) is 0 Å². The molecule has 0 saturated carbocycles. The smallest absolute Gasteiger partial charge is 0.122 e. The van der Waals surface area contributed by atoms with Crippen LogP contribution in [0.25, 0.3) is 18.7 Å². The average molecular weight is 144 g/mol. The monoisotopic (exact) mass is 144 g/mol. The van der Waals surface area contributed by atoms with E-state index >= 15 is 0 Å². The number of allylic oxidation sites excluding steroid dienone is 1. The Morgan fingerprint density at radius 3 is 2.91 bits per heavy atom. The summed E-state index contributed by atoms with van der Waals surface area (Å²) in [7, 11) is 0. The van der Waals surface area contributed by atoms with Crippen LogP contribution in [0.3, 0.4) is 0 Å². The van der Waals surface area contributed by atoms with Crippen LogP contribution in [0.1, 0.15) is 5.56 Å². The minimum absolute atomic E-state index is 0.267. The number of rotatable bonds is 0. The van der Waals surface area contributed by atoms with Crippen molar-refractivity contribution in [1.29, 1.82) is 0 Å². The predicted molar refractivity (Wildman–Crippen MR) is 46.4 cm³/mol. The van der Waals surface area contributed by atoms with Gasteiger partial charge < -0.3 is 5.11 Å². The van der Waals surface area contributed by atoms with Crippen LogP contribution in [0.15, 0.2) is 18.2 Å². The van der Waals surface area contributed by atoms with E-state index in [1.54, 1.807) is 6.07 Å². The minimum atomic E-state index is 0.267. The molecule has 1 aliphatic rings. The van der Waals surface area contributed by atoms with Crippen molar-refractivity contribution in [2.24, 2.45) is 0 Å². The Bertz CT molecular complexity index is 427. The highest BCUT2D eigenvalue weighted by atomic mass is 16.3. The fourth-order valence-corrected chi connectivity index (χ4v) is 1.21. The molecule has 0 unspecified atom stereocenters. The van der Waals surface area contributed by atoms with Gasteiger partial charge in [-0.05, 0) is 22.9 Å². The first-order valence-electron chi connectivity index (χ1n) is 3.48. The van der Waals surface area contributed by atoms with Crippen LogP contribution in [-0.2, 0) is 0 Å². The molecule has 2 rings (SSSR count). The number of phenols is 1. The molecule has 0 atom stereocenters. The molecular formula is C10H8O. The van der Waals surface area contributed by atoms with Crippen molar-refractivity contribution >= 4 is 18.7 Å². The lowest BCUT2D eigenvalue weighted by Gasteiger charge is -1.94. The van der Waals surface area contributed by atoms with E-state index in [-0.39, 0.29) is 5.75 Å². The Balaban J connectivity index is 2.89. The summed E-state index contributed by atoms with van der Waals surface area (Å²) < 4.78 is 0. The molecule has 54 valence electrons. The first-order chi connectivity index (χ1) is 5.27. The third-order valence-electron chi connectivity index (χ3n) is 1.84. The number of hydrogen-bond acceptors (Lipinski definition) is 1. The van der Waals surface area contributed by atoms with Gasteiger partial charge in [0.15, 0.2) is 0 Å². The summed E-state index contributed by atoms with van der Waals surface area (Å²) in [6.45, 7) is 3.70. The summed E-state index contributed by atoms with van der Waals surface area (Å²) >= 11 is 0. The van der Waals surface area contributed by atoms with Crippen molar-refractivity contribution in [3.8, 4) is 5.75 Å². The van der Waals surface area contributed by atoms with Crippen LogP contribution < -0.4 is 10.4 Å². The lowest BCUT2D eigenvalue weighted by molar-refractivity contribution is 0.470. The van der Waals surface area contributed by atoms with Crippen molar-refractivity contribution in [3.63, 3.8) is 0 Å². The molecule has 0 amide bonds. The topological polar surface area (TPSA) is 20.2 Å². The predicted octanol–water partition coefficient (Wildman–Crippen LogP) is 0.610. The van der Waals surface area contributed by atoms with Crippen molar-refractivity contribution < 1.29 is 5.11 Å². The summed E-state index contributed by atoms with van der Waals surface area (Å²) in [4.78, 5) is 0. The average Bonchev–Trinajstić information content (AvgIpc) is 2.36. The van der Waals surface area contributed by atoms with E-state index in [0.717, 1.165) is 10.8 Å². The van der Waals surface area contributed by atoms with Crippen LogP contribution in [0.4, 0.5) is 0 Å². The van der Waals surface area contributed by atoms with Gasteiger partial charge >= 0.3 is 0 Å². The molecule has 0 aliphatic heterocycles. The van der Waals surface area contributed by atoms with Crippen LogP contribution in [0.2, 0.25) is 0 Å². The molecule has 0 heterocycles. The number of phenolic OH excluding ortho intramolecular Hbond substituents is 1. The lowest BCUT2D eigenvalue weighted by atomic mass is 10.1. The van der Waals surface area contributed by atoms with Gasteiger partial charge in [0.05, 0.1) is 0 Å². The molecule has 1 aromatic rings. The van der Waals surface area contributed by atoms with Gasteiger partial charge in [0.1, 0.15) is 5.75 Å². The molecule has 1 N–H and O–H groups in total. The molecule has 1 aromatic carbocycles. The lowest BCUT2D eigenvalue weighted by Crippen LogP contribution is -2.09. The Morgan fingerprint density at radius 2 is 2.09 bits per heavy atom. The van der Waals surface area contributed by atoms with Gasteiger partial charge in [-0.2, -0.15) is 0 Å². The van der Waals surface area contributed by atoms with Crippen molar-refractivity contribution in [1.82, 2.24) is 0 Å². The fourth-order valence-electron chi connectivity index (χ4n) is 1.21. The van der Waals surface area contributed by atoms with Crippen molar-refractivity contribution in [3.05, 3.63) is 34.2 Å². The van der Waals surface area contributed by atoms with Gasteiger partial charge in [-0.15, -0.1) is 0 Å². The van der Waals surface area contributed by atoms with E-state index in [9.17, 15) is 5.11 Å². The second kappa shape index (κ2) is 1.99.